The highest BCUT2D eigenvalue weighted by Crippen LogP contribution is 2.13. The van der Waals surface area contributed by atoms with Gasteiger partial charge in [-0.1, -0.05) is 11.3 Å². The minimum absolute atomic E-state index is 0.193. The van der Waals surface area contributed by atoms with Crippen molar-refractivity contribution in [2.75, 3.05) is 0 Å². The third-order valence-electron chi connectivity index (χ3n) is 2.36. The van der Waals surface area contributed by atoms with E-state index in [4.69, 9.17) is 5.11 Å². The molecule has 0 radical (unpaired) electrons. The second-order valence-corrected chi connectivity index (χ2v) is 3.58. The average molecular weight is 235 g/mol. The summed E-state index contributed by atoms with van der Waals surface area (Å²) in [6, 6.07) is 5.87. The van der Waals surface area contributed by atoms with Crippen LogP contribution in [0, 0.1) is 12.7 Å². The lowest BCUT2D eigenvalue weighted by Gasteiger charge is -2.02. The van der Waals surface area contributed by atoms with Crippen molar-refractivity contribution in [1.29, 1.82) is 0 Å². The minimum Gasteiger partial charge on any atom is -0.481 e. The van der Waals surface area contributed by atoms with Crippen molar-refractivity contribution in [2.45, 2.75) is 13.3 Å². The molecule has 0 aliphatic heterocycles. The summed E-state index contributed by atoms with van der Waals surface area (Å²) in [5.41, 5.74) is 1.49. The van der Waals surface area contributed by atoms with Crippen LogP contribution >= 0.6 is 0 Å². The first-order valence-electron chi connectivity index (χ1n) is 4.97. The molecule has 0 saturated heterocycles. The van der Waals surface area contributed by atoms with Gasteiger partial charge < -0.3 is 5.11 Å². The Morgan fingerprint density at radius 1 is 1.53 bits per heavy atom. The summed E-state index contributed by atoms with van der Waals surface area (Å²) in [6.07, 6.45) is -0.193. The maximum absolute atomic E-state index is 13.0. The van der Waals surface area contributed by atoms with E-state index >= 15 is 0 Å². The largest absolute Gasteiger partial charge is 0.481 e. The van der Waals surface area contributed by atoms with Crippen LogP contribution in [0.5, 0.6) is 0 Å². The topological polar surface area (TPSA) is 68.0 Å². The van der Waals surface area contributed by atoms with Gasteiger partial charge in [-0.2, -0.15) is 0 Å². The third-order valence-corrected chi connectivity index (χ3v) is 2.36. The van der Waals surface area contributed by atoms with Crippen molar-refractivity contribution in [3.05, 3.63) is 41.5 Å². The number of aliphatic carboxylic acids is 1. The summed E-state index contributed by atoms with van der Waals surface area (Å²) in [7, 11) is 0. The van der Waals surface area contributed by atoms with Gasteiger partial charge >= 0.3 is 5.97 Å². The Morgan fingerprint density at radius 2 is 2.29 bits per heavy atom. The standard InChI is InChI=1S/C11H10FN3O2/c1-7-10(6-11(16)17)13-14-15(7)9-4-2-3-8(12)5-9/h2-5H,6H2,1H3,(H,16,17). The molecule has 1 aromatic carbocycles. The fraction of sp³-hybridized carbons (Fsp3) is 0.182. The molecule has 0 fully saturated rings. The molecule has 88 valence electrons. The van der Waals surface area contributed by atoms with Gasteiger partial charge in [0.25, 0.3) is 0 Å². The van der Waals surface area contributed by atoms with E-state index in [-0.39, 0.29) is 12.2 Å². The molecule has 6 heteroatoms. The molecule has 0 aliphatic rings. The van der Waals surface area contributed by atoms with Crippen LogP contribution < -0.4 is 0 Å². The Kier molecular flexibility index (Phi) is 2.86. The summed E-state index contributed by atoms with van der Waals surface area (Å²) in [4.78, 5) is 10.6. The fourth-order valence-electron chi connectivity index (χ4n) is 1.52. The Morgan fingerprint density at radius 3 is 2.94 bits per heavy atom. The molecule has 0 unspecified atom stereocenters. The van der Waals surface area contributed by atoms with Gasteiger partial charge in [0, 0.05) is 0 Å². The number of nitrogens with zero attached hydrogens (tertiary/aromatic N) is 3. The monoisotopic (exact) mass is 235 g/mol. The van der Waals surface area contributed by atoms with Crippen molar-refractivity contribution in [1.82, 2.24) is 15.0 Å². The van der Waals surface area contributed by atoms with Gasteiger partial charge in [0.1, 0.15) is 5.82 Å². The van der Waals surface area contributed by atoms with E-state index in [0.29, 0.717) is 17.1 Å². The van der Waals surface area contributed by atoms with Gasteiger partial charge in [-0.3, -0.25) is 4.79 Å². The van der Waals surface area contributed by atoms with Crippen LogP contribution in [0.2, 0.25) is 0 Å². The Balaban J connectivity index is 2.40. The predicted molar refractivity (Wildman–Crippen MR) is 57.4 cm³/mol. The number of rotatable bonds is 3. The average Bonchev–Trinajstić information content (AvgIpc) is 2.60. The minimum atomic E-state index is -0.973. The molecule has 0 saturated carbocycles. The van der Waals surface area contributed by atoms with Gasteiger partial charge in [0.05, 0.1) is 23.5 Å². The van der Waals surface area contributed by atoms with Crippen LogP contribution in [0.25, 0.3) is 5.69 Å². The number of hydrogen-bond donors (Lipinski definition) is 1. The Bertz CT molecular complexity index is 566. The van der Waals surface area contributed by atoms with Crippen molar-refractivity contribution in [3.63, 3.8) is 0 Å². The molecule has 0 aliphatic carbocycles. The Labute approximate surface area is 96.5 Å². The van der Waals surface area contributed by atoms with Crippen molar-refractivity contribution >= 4 is 5.97 Å². The number of carboxylic acid groups (broad SMARTS) is 1. The molecule has 1 aromatic heterocycles. The smallest absolute Gasteiger partial charge is 0.309 e. The molecule has 2 rings (SSSR count). The van der Waals surface area contributed by atoms with E-state index in [1.54, 1.807) is 19.1 Å². The highest BCUT2D eigenvalue weighted by atomic mass is 19.1. The fourth-order valence-corrected chi connectivity index (χ4v) is 1.52. The molecule has 2 aromatic rings. The number of aromatic nitrogens is 3. The predicted octanol–water partition coefficient (Wildman–Crippen LogP) is 1.34. The molecule has 0 amide bonds. The number of benzene rings is 1. The van der Waals surface area contributed by atoms with Crippen molar-refractivity contribution in [2.24, 2.45) is 0 Å². The second kappa shape index (κ2) is 4.32. The summed E-state index contributed by atoms with van der Waals surface area (Å²) >= 11 is 0. The summed E-state index contributed by atoms with van der Waals surface area (Å²) in [5.74, 6) is -1.35. The first kappa shape index (κ1) is 11.3. The summed E-state index contributed by atoms with van der Waals surface area (Å²) in [5, 5.41) is 16.3. The summed E-state index contributed by atoms with van der Waals surface area (Å²) < 4.78 is 14.5. The lowest BCUT2D eigenvalue weighted by Crippen LogP contribution is -2.03. The molecule has 0 bridgehead atoms. The Hall–Kier alpha value is -2.24. The highest BCUT2D eigenvalue weighted by Gasteiger charge is 2.13. The lowest BCUT2D eigenvalue weighted by molar-refractivity contribution is -0.136. The van der Waals surface area contributed by atoms with E-state index in [2.05, 4.69) is 10.3 Å². The first-order valence-corrected chi connectivity index (χ1v) is 4.97. The van der Waals surface area contributed by atoms with Gasteiger partial charge in [-0.05, 0) is 25.1 Å². The van der Waals surface area contributed by atoms with Gasteiger partial charge in [0.2, 0.25) is 0 Å². The first-order chi connectivity index (χ1) is 8.08. The molecule has 0 spiro atoms. The van der Waals surface area contributed by atoms with Crippen LogP contribution in [-0.4, -0.2) is 26.1 Å². The van der Waals surface area contributed by atoms with Crippen molar-refractivity contribution in [3.8, 4) is 5.69 Å². The second-order valence-electron chi connectivity index (χ2n) is 3.58. The van der Waals surface area contributed by atoms with Crippen molar-refractivity contribution < 1.29 is 14.3 Å². The van der Waals surface area contributed by atoms with E-state index in [0.717, 1.165) is 0 Å². The van der Waals surface area contributed by atoms with Gasteiger partial charge in [-0.25, -0.2) is 9.07 Å². The lowest BCUT2D eigenvalue weighted by atomic mass is 10.2. The van der Waals surface area contributed by atoms with E-state index in [1.807, 2.05) is 0 Å². The normalized spacial score (nSPS) is 10.5. The van der Waals surface area contributed by atoms with E-state index < -0.39 is 5.97 Å². The molecule has 0 atom stereocenters. The molecule has 5 nitrogen and oxygen atoms in total. The van der Waals surface area contributed by atoms with Gasteiger partial charge in [0.15, 0.2) is 0 Å². The number of carbonyl (C=O) groups is 1. The molecule has 1 N–H and O–H groups in total. The maximum Gasteiger partial charge on any atom is 0.309 e. The number of hydrogen-bond acceptors (Lipinski definition) is 3. The maximum atomic E-state index is 13.0. The molecule has 1 heterocycles. The van der Waals surface area contributed by atoms with Gasteiger partial charge in [-0.15, -0.1) is 5.10 Å². The van der Waals surface area contributed by atoms with E-state index in [9.17, 15) is 9.18 Å². The summed E-state index contributed by atoms with van der Waals surface area (Å²) in [6.45, 7) is 1.70. The van der Waals surface area contributed by atoms with Crippen LogP contribution in [0.1, 0.15) is 11.4 Å². The number of carboxylic acids is 1. The highest BCUT2D eigenvalue weighted by molar-refractivity contribution is 5.69. The van der Waals surface area contributed by atoms with Crippen LogP contribution in [0.4, 0.5) is 4.39 Å². The zero-order valence-electron chi connectivity index (χ0n) is 9.09. The molecule has 17 heavy (non-hydrogen) atoms. The molecular formula is C11H10FN3O2. The molecular weight excluding hydrogens is 225 g/mol. The van der Waals surface area contributed by atoms with Crippen LogP contribution in [0.3, 0.4) is 0 Å². The zero-order valence-corrected chi connectivity index (χ0v) is 9.09. The number of halogens is 1. The van der Waals surface area contributed by atoms with Crippen LogP contribution in [-0.2, 0) is 11.2 Å². The third kappa shape index (κ3) is 2.30. The van der Waals surface area contributed by atoms with E-state index in [1.165, 1.54) is 16.8 Å². The quantitative estimate of drug-likeness (QED) is 0.871. The zero-order chi connectivity index (χ0) is 12.4. The SMILES string of the molecule is Cc1c(CC(=O)O)nnn1-c1cccc(F)c1. The van der Waals surface area contributed by atoms with Crippen LogP contribution in [0.15, 0.2) is 24.3 Å².